The van der Waals surface area contributed by atoms with E-state index >= 15 is 0 Å². The molecular formula is C32H25BrFN7O3. The molecule has 2 amide bonds. The summed E-state index contributed by atoms with van der Waals surface area (Å²) in [6.07, 6.45) is 1.91. The maximum atomic E-state index is 14.2. The summed E-state index contributed by atoms with van der Waals surface area (Å²) in [4.78, 5) is 41.5. The number of hydrogen-bond acceptors (Lipinski definition) is 6. The first-order valence-electron chi connectivity index (χ1n) is 13.7. The predicted molar refractivity (Wildman–Crippen MR) is 165 cm³/mol. The summed E-state index contributed by atoms with van der Waals surface area (Å²) in [6, 6.07) is 19.7. The van der Waals surface area contributed by atoms with Crippen LogP contribution in [-0.2, 0) is 19.5 Å². The van der Waals surface area contributed by atoms with Gasteiger partial charge in [-0.15, -0.1) is 0 Å². The number of fused-ring (bicyclic) bond motifs is 3. The van der Waals surface area contributed by atoms with Crippen LogP contribution in [0.25, 0.3) is 11.3 Å². The highest BCUT2D eigenvalue weighted by Crippen LogP contribution is 2.27. The van der Waals surface area contributed by atoms with Gasteiger partial charge in [0.15, 0.2) is 5.65 Å². The van der Waals surface area contributed by atoms with Crippen LogP contribution in [0.5, 0.6) is 0 Å². The van der Waals surface area contributed by atoms with Crippen LogP contribution < -0.4 is 16.2 Å². The Morgan fingerprint density at radius 1 is 1.07 bits per heavy atom. The van der Waals surface area contributed by atoms with E-state index in [-0.39, 0.29) is 29.7 Å². The average Bonchev–Trinajstić information content (AvgIpc) is 3.48. The quantitative estimate of drug-likeness (QED) is 0.279. The Labute approximate surface area is 259 Å². The number of nitriles is 1. The highest BCUT2D eigenvalue weighted by molar-refractivity contribution is 9.10. The fraction of sp³-hybridized carbons (Fsp3) is 0.156. The van der Waals surface area contributed by atoms with E-state index < -0.39 is 0 Å². The van der Waals surface area contributed by atoms with Crippen molar-refractivity contribution in [1.82, 2.24) is 24.4 Å². The minimum absolute atomic E-state index is 0.132. The Balaban J connectivity index is 1.44. The third-order valence-electron chi connectivity index (χ3n) is 7.63. The van der Waals surface area contributed by atoms with Crippen LogP contribution in [0.4, 0.5) is 10.1 Å². The minimum atomic E-state index is -0.337. The maximum Gasteiger partial charge on any atom is 0.261 e. The molecule has 2 N–H and O–H groups in total. The number of anilines is 1. The van der Waals surface area contributed by atoms with Gasteiger partial charge < -0.3 is 15.5 Å². The fourth-order valence-corrected chi connectivity index (χ4v) is 5.66. The van der Waals surface area contributed by atoms with Crippen molar-refractivity contribution in [1.29, 1.82) is 5.26 Å². The van der Waals surface area contributed by atoms with Gasteiger partial charge in [0.1, 0.15) is 11.9 Å². The molecule has 5 aromatic rings. The first-order chi connectivity index (χ1) is 21.3. The summed E-state index contributed by atoms with van der Waals surface area (Å²) >= 11 is 3.33. The third-order valence-corrected chi connectivity index (χ3v) is 8.32. The molecule has 0 atom stereocenters. The monoisotopic (exact) mass is 653 g/mol. The molecular weight excluding hydrogens is 629 g/mol. The number of hydrogen-bond donors (Lipinski definition) is 2. The second-order valence-electron chi connectivity index (χ2n) is 10.2. The Morgan fingerprint density at radius 3 is 2.50 bits per heavy atom. The Morgan fingerprint density at radius 2 is 1.80 bits per heavy atom. The van der Waals surface area contributed by atoms with Gasteiger partial charge in [-0.05, 0) is 82.5 Å². The van der Waals surface area contributed by atoms with Gasteiger partial charge in [-0.1, -0.05) is 12.1 Å². The summed E-state index contributed by atoms with van der Waals surface area (Å²) in [5, 5.41) is 20.0. The zero-order valence-corrected chi connectivity index (χ0v) is 25.1. The Bertz CT molecular complexity index is 2030. The van der Waals surface area contributed by atoms with Crippen molar-refractivity contribution in [3.8, 4) is 11.8 Å². The molecule has 0 unspecified atom stereocenters. The number of carbonyl (C=O) groups excluding carboxylic acids is 2. The number of nitrogens with one attached hydrogen (secondary N) is 2. The molecule has 12 heteroatoms. The number of aromatic nitrogens is 3. The molecule has 44 heavy (non-hydrogen) atoms. The molecule has 0 aliphatic carbocycles. The lowest BCUT2D eigenvalue weighted by molar-refractivity contribution is 0.0729. The van der Waals surface area contributed by atoms with Crippen LogP contribution in [0.3, 0.4) is 0 Å². The molecule has 0 radical (unpaired) electrons. The molecule has 10 nitrogen and oxygen atoms in total. The minimum Gasteiger partial charge on any atom is -0.377 e. The lowest BCUT2D eigenvalue weighted by Crippen LogP contribution is -2.41. The van der Waals surface area contributed by atoms with E-state index in [0.717, 1.165) is 5.56 Å². The van der Waals surface area contributed by atoms with Gasteiger partial charge in [0.25, 0.3) is 17.4 Å². The van der Waals surface area contributed by atoms with Gasteiger partial charge in [-0.3, -0.25) is 19.0 Å². The van der Waals surface area contributed by atoms with Crippen molar-refractivity contribution in [2.45, 2.75) is 19.5 Å². The molecule has 6 rings (SSSR count). The maximum absolute atomic E-state index is 14.2. The van der Waals surface area contributed by atoms with Crippen molar-refractivity contribution in [2.75, 3.05) is 18.9 Å². The molecule has 0 saturated carbocycles. The highest BCUT2D eigenvalue weighted by atomic mass is 79.9. The van der Waals surface area contributed by atoms with Crippen LogP contribution in [-0.4, -0.2) is 44.5 Å². The number of benzene rings is 3. The topological polar surface area (TPSA) is 125 Å². The normalized spacial score (nSPS) is 12.5. The fourth-order valence-electron chi connectivity index (χ4n) is 5.33. The largest absolute Gasteiger partial charge is 0.377 e. The van der Waals surface area contributed by atoms with Gasteiger partial charge in [-0.2, -0.15) is 10.4 Å². The van der Waals surface area contributed by atoms with Crippen LogP contribution in [0.2, 0.25) is 0 Å². The molecule has 0 saturated heterocycles. The summed E-state index contributed by atoms with van der Waals surface area (Å²) in [5.41, 5.74) is 4.40. The number of carbonyl (C=O) groups is 2. The number of amides is 2. The molecule has 1 aliphatic heterocycles. The van der Waals surface area contributed by atoms with Crippen molar-refractivity contribution in [3.05, 3.63) is 127 Å². The van der Waals surface area contributed by atoms with Gasteiger partial charge in [0, 0.05) is 41.3 Å². The van der Waals surface area contributed by atoms with Gasteiger partial charge >= 0.3 is 0 Å². The molecule has 0 fully saturated rings. The van der Waals surface area contributed by atoms with E-state index in [9.17, 15) is 24.0 Å². The first kappa shape index (κ1) is 28.8. The smallest absolute Gasteiger partial charge is 0.261 e. The first-order valence-corrected chi connectivity index (χ1v) is 14.5. The van der Waals surface area contributed by atoms with E-state index in [2.05, 4.69) is 37.7 Å². The predicted octanol–water partition coefficient (Wildman–Crippen LogP) is 4.43. The summed E-state index contributed by atoms with van der Waals surface area (Å²) < 4.78 is 17.3. The lowest BCUT2D eigenvalue weighted by atomic mass is 10.0. The van der Waals surface area contributed by atoms with E-state index in [1.165, 1.54) is 12.1 Å². The molecule has 0 bridgehead atoms. The SMILES string of the molecule is CNC(=O)c1ccc(-n2c(=O)c3c(n4ncc(NCc5ccc(F)cc5)c24)CN(C(=O)c2ccc(Br)c(C#N)c2)CC3)cc1. The third kappa shape index (κ3) is 5.22. The Kier molecular flexibility index (Phi) is 7.71. The van der Waals surface area contributed by atoms with Crippen LogP contribution in [0, 0.1) is 17.1 Å². The van der Waals surface area contributed by atoms with Crippen molar-refractivity contribution < 1.29 is 14.0 Å². The zero-order chi connectivity index (χ0) is 31.0. The van der Waals surface area contributed by atoms with Gasteiger partial charge in [0.2, 0.25) is 0 Å². The van der Waals surface area contributed by atoms with Crippen molar-refractivity contribution in [3.63, 3.8) is 0 Å². The summed E-state index contributed by atoms with van der Waals surface area (Å²) in [6.45, 7) is 0.780. The van der Waals surface area contributed by atoms with E-state index in [4.69, 9.17) is 0 Å². The van der Waals surface area contributed by atoms with Crippen LogP contribution in [0.15, 0.2) is 82.2 Å². The average molecular weight is 654 g/mol. The molecule has 0 spiro atoms. The van der Waals surface area contributed by atoms with Gasteiger partial charge in [-0.25, -0.2) is 8.91 Å². The molecule has 2 aromatic heterocycles. The molecule has 3 heterocycles. The summed E-state index contributed by atoms with van der Waals surface area (Å²) in [5.74, 6) is -0.844. The van der Waals surface area contributed by atoms with Crippen molar-refractivity contribution in [2.24, 2.45) is 0 Å². The van der Waals surface area contributed by atoms with Crippen molar-refractivity contribution >= 4 is 39.1 Å². The summed E-state index contributed by atoms with van der Waals surface area (Å²) in [7, 11) is 1.55. The second-order valence-corrected chi connectivity index (χ2v) is 11.1. The molecule has 3 aromatic carbocycles. The second kappa shape index (κ2) is 11.8. The van der Waals surface area contributed by atoms with E-state index in [0.29, 0.717) is 69.0 Å². The standard InChI is InChI=1S/C32H25BrFN7O3/c1-36-29(42)20-4-9-24(10-5-20)40-30-27(37-16-19-2-7-23(34)8-3-19)17-38-41(30)28-18-39(13-12-25(28)32(40)44)31(43)21-6-11-26(33)22(14-21)15-35/h2-11,14,17,37H,12-13,16,18H2,1H3,(H,36,42). The Hall–Kier alpha value is -5.28. The zero-order valence-electron chi connectivity index (χ0n) is 23.5. The van der Waals surface area contributed by atoms with E-state index in [1.807, 2.05) is 0 Å². The van der Waals surface area contributed by atoms with Gasteiger partial charge in [0.05, 0.1) is 35.4 Å². The lowest BCUT2D eigenvalue weighted by Gasteiger charge is -2.29. The number of halogens is 2. The molecule has 220 valence electrons. The number of rotatable bonds is 6. The van der Waals surface area contributed by atoms with E-state index in [1.54, 1.807) is 81.8 Å². The highest BCUT2D eigenvalue weighted by Gasteiger charge is 2.29. The number of nitrogens with zero attached hydrogens (tertiary/aromatic N) is 5. The van der Waals surface area contributed by atoms with Crippen LogP contribution >= 0.6 is 15.9 Å². The van der Waals surface area contributed by atoms with Crippen LogP contribution in [0.1, 0.15) is 43.1 Å². The molecule has 1 aliphatic rings.